The lowest BCUT2D eigenvalue weighted by atomic mass is 10.0. The van der Waals surface area contributed by atoms with Crippen molar-refractivity contribution in [1.82, 2.24) is 0 Å². The Balaban J connectivity index is 2.23. The SMILES string of the molecule is O=NN1c2cc(Cl)ccc2CCc2ccc(Cl)cc21. The Morgan fingerprint density at radius 3 is 1.79 bits per heavy atom. The van der Waals surface area contributed by atoms with E-state index in [1.54, 1.807) is 12.1 Å². The number of hydrogen-bond donors (Lipinski definition) is 0. The fraction of sp³-hybridized carbons (Fsp3) is 0.143. The maximum Gasteiger partial charge on any atom is 0.0732 e. The first-order chi connectivity index (χ1) is 9.19. The Kier molecular flexibility index (Phi) is 3.17. The van der Waals surface area contributed by atoms with Crippen molar-refractivity contribution in [1.29, 1.82) is 0 Å². The molecule has 0 amide bonds. The van der Waals surface area contributed by atoms with Crippen LogP contribution in [-0.2, 0) is 12.8 Å². The van der Waals surface area contributed by atoms with Crippen LogP contribution in [0.4, 0.5) is 11.4 Å². The van der Waals surface area contributed by atoms with Crippen LogP contribution in [0.5, 0.6) is 0 Å². The van der Waals surface area contributed by atoms with Gasteiger partial charge in [0, 0.05) is 10.0 Å². The summed E-state index contributed by atoms with van der Waals surface area (Å²) in [5.41, 5.74) is 3.56. The molecule has 0 saturated carbocycles. The van der Waals surface area contributed by atoms with E-state index in [1.807, 2.05) is 24.3 Å². The van der Waals surface area contributed by atoms with Gasteiger partial charge in [-0.1, -0.05) is 35.3 Å². The number of nitrogens with zero attached hydrogens (tertiary/aromatic N) is 2. The number of halogens is 2. The quantitative estimate of drug-likeness (QED) is 0.700. The predicted molar refractivity (Wildman–Crippen MR) is 78.2 cm³/mol. The molecular formula is C14H10Cl2N2O. The van der Waals surface area contributed by atoms with Gasteiger partial charge in [0.1, 0.15) is 0 Å². The molecule has 19 heavy (non-hydrogen) atoms. The van der Waals surface area contributed by atoms with Gasteiger partial charge in [-0.3, -0.25) is 0 Å². The zero-order valence-corrected chi connectivity index (χ0v) is 11.4. The Morgan fingerprint density at radius 1 is 0.895 bits per heavy atom. The molecule has 3 nitrogen and oxygen atoms in total. The van der Waals surface area contributed by atoms with Gasteiger partial charge in [-0.25, -0.2) is 0 Å². The minimum absolute atomic E-state index is 0.581. The van der Waals surface area contributed by atoms with Gasteiger partial charge in [-0.15, -0.1) is 4.91 Å². The average molecular weight is 293 g/mol. The highest BCUT2D eigenvalue weighted by atomic mass is 35.5. The van der Waals surface area contributed by atoms with Gasteiger partial charge in [0.05, 0.1) is 16.7 Å². The molecule has 5 heteroatoms. The molecule has 0 fully saturated rings. The normalized spacial score (nSPS) is 13.5. The standard InChI is InChI=1S/C14H10Cl2N2O/c15-11-5-3-9-1-2-10-4-6-12(16)8-14(10)18(17-19)13(9)7-11/h3-8H,1-2H2. The third kappa shape index (κ3) is 2.20. The molecule has 1 heterocycles. The number of nitroso groups, excluding NO2 is 1. The van der Waals surface area contributed by atoms with Crippen molar-refractivity contribution in [3.63, 3.8) is 0 Å². The molecule has 0 spiro atoms. The lowest BCUT2D eigenvalue weighted by molar-refractivity contribution is 0.977. The molecule has 1 aliphatic rings. The first kappa shape index (κ1) is 12.5. The van der Waals surface area contributed by atoms with Crippen molar-refractivity contribution in [2.45, 2.75) is 12.8 Å². The summed E-state index contributed by atoms with van der Waals surface area (Å²) in [7, 11) is 0. The van der Waals surface area contributed by atoms with E-state index < -0.39 is 0 Å². The summed E-state index contributed by atoms with van der Waals surface area (Å²) in [6.45, 7) is 0. The highest BCUT2D eigenvalue weighted by molar-refractivity contribution is 6.31. The van der Waals surface area contributed by atoms with E-state index in [0.29, 0.717) is 10.0 Å². The van der Waals surface area contributed by atoms with E-state index in [-0.39, 0.29) is 0 Å². The number of benzene rings is 2. The second-order valence-corrected chi connectivity index (χ2v) is 5.31. The lowest BCUT2D eigenvalue weighted by Gasteiger charge is -2.18. The molecule has 96 valence electrons. The predicted octanol–water partition coefficient (Wildman–Crippen LogP) is 4.91. The van der Waals surface area contributed by atoms with Crippen molar-refractivity contribution in [2.24, 2.45) is 5.29 Å². The molecular weight excluding hydrogens is 283 g/mol. The van der Waals surface area contributed by atoms with Gasteiger partial charge in [-0.05, 0) is 48.2 Å². The fourth-order valence-corrected chi connectivity index (χ4v) is 2.71. The van der Waals surface area contributed by atoms with Crippen LogP contribution in [0.3, 0.4) is 0 Å². The van der Waals surface area contributed by atoms with E-state index in [2.05, 4.69) is 5.29 Å². The monoisotopic (exact) mass is 292 g/mol. The van der Waals surface area contributed by atoms with Gasteiger partial charge in [-0.2, -0.15) is 5.01 Å². The first-order valence-corrected chi connectivity index (χ1v) is 6.65. The summed E-state index contributed by atoms with van der Waals surface area (Å²) in [5, 5.41) is 5.67. The maximum atomic E-state index is 11.3. The average Bonchev–Trinajstić information content (AvgIpc) is 2.54. The van der Waals surface area contributed by atoms with Crippen LogP contribution in [0.2, 0.25) is 10.0 Å². The van der Waals surface area contributed by atoms with E-state index in [9.17, 15) is 4.91 Å². The second kappa shape index (κ2) is 4.83. The topological polar surface area (TPSA) is 32.7 Å². The van der Waals surface area contributed by atoms with Crippen LogP contribution in [-0.4, -0.2) is 0 Å². The second-order valence-electron chi connectivity index (χ2n) is 4.44. The summed E-state index contributed by atoms with van der Waals surface area (Å²) >= 11 is 12.0. The van der Waals surface area contributed by atoms with Crippen LogP contribution >= 0.6 is 23.2 Å². The van der Waals surface area contributed by atoms with Gasteiger partial charge in [0.15, 0.2) is 0 Å². The zero-order valence-electron chi connectivity index (χ0n) is 9.94. The molecule has 0 aromatic heterocycles. The number of fused-ring (bicyclic) bond motifs is 2. The Bertz CT molecular complexity index is 604. The summed E-state index contributed by atoms with van der Waals surface area (Å²) in [5.74, 6) is 0. The Labute approximate surface area is 120 Å². The molecule has 0 radical (unpaired) electrons. The minimum Gasteiger partial charge on any atom is -0.197 e. The van der Waals surface area contributed by atoms with Crippen LogP contribution in [0.15, 0.2) is 41.7 Å². The molecule has 0 bridgehead atoms. The van der Waals surface area contributed by atoms with Crippen LogP contribution < -0.4 is 5.01 Å². The molecule has 2 aromatic carbocycles. The highest BCUT2D eigenvalue weighted by Gasteiger charge is 2.22. The van der Waals surface area contributed by atoms with Crippen LogP contribution in [0.25, 0.3) is 0 Å². The molecule has 0 N–H and O–H groups in total. The molecule has 0 unspecified atom stereocenters. The fourth-order valence-electron chi connectivity index (χ4n) is 2.38. The van der Waals surface area contributed by atoms with Crippen molar-refractivity contribution < 1.29 is 0 Å². The molecule has 0 atom stereocenters. The summed E-state index contributed by atoms with van der Waals surface area (Å²) in [4.78, 5) is 11.3. The third-order valence-electron chi connectivity index (χ3n) is 3.30. The number of aryl methyl sites for hydroxylation is 2. The number of rotatable bonds is 1. The van der Waals surface area contributed by atoms with Gasteiger partial charge in [0.2, 0.25) is 0 Å². The van der Waals surface area contributed by atoms with Crippen molar-refractivity contribution in [3.8, 4) is 0 Å². The summed E-state index contributed by atoms with van der Waals surface area (Å²) < 4.78 is 0. The zero-order chi connectivity index (χ0) is 13.4. The van der Waals surface area contributed by atoms with E-state index in [0.717, 1.165) is 35.3 Å². The summed E-state index contributed by atoms with van der Waals surface area (Å²) in [6, 6.07) is 11.0. The minimum atomic E-state index is 0.581. The van der Waals surface area contributed by atoms with E-state index >= 15 is 0 Å². The molecule has 0 aliphatic carbocycles. The van der Waals surface area contributed by atoms with Crippen molar-refractivity contribution in [2.75, 3.05) is 5.01 Å². The molecule has 3 rings (SSSR count). The lowest BCUT2D eigenvalue weighted by Crippen LogP contribution is -2.09. The van der Waals surface area contributed by atoms with Gasteiger partial charge < -0.3 is 0 Å². The molecule has 2 aromatic rings. The largest absolute Gasteiger partial charge is 0.197 e. The van der Waals surface area contributed by atoms with Crippen molar-refractivity contribution in [3.05, 3.63) is 62.5 Å². The van der Waals surface area contributed by atoms with Gasteiger partial charge >= 0.3 is 0 Å². The number of hydrogen-bond acceptors (Lipinski definition) is 2. The van der Waals surface area contributed by atoms with Crippen LogP contribution in [0.1, 0.15) is 11.1 Å². The van der Waals surface area contributed by atoms with E-state index in [1.165, 1.54) is 5.01 Å². The Morgan fingerprint density at radius 2 is 1.37 bits per heavy atom. The Hall–Kier alpha value is -1.58. The van der Waals surface area contributed by atoms with E-state index in [4.69, 9.17) is 23.2 Å². The number of anilines is 2. The third-order valence-corrected chi connectivity index (χ3v) is 3.77. The maximum absolute atomic E-state index is 11.3. The molecule has 0 saturated heterocycles. The first-order valence-electron chi connectivity index (χ1n) is 5.89. The smallest absolute Gasteiger partial charge is 0.0732 e. The summed E-state index contributed by atoms with van der Waals surface area (Å²) in [6.07, 6.45) is 1.68. The van der Waals surface area contributed by atoms with Crippen LogP contribution in [0, 0.1) is 4.91 Å². The van der Waals surface area contributed by atoms with Crippen molar-refractivity contribution >= 4 is 34.6 Å². The van der Waals surface area contributed by atoms with Gasteiger partial charge in [0.25, 0.3) is 0 Å². The molecule has 1 aliphatic heterocycles. The highest BCUT2D eigenvalue weighted by Crippen LogP contribution is 2.38.